The highest BCUT2D eigenvalue weighted by Gasteiger charge is 2.24. The largest absolute Gasteiger partial charge is 0.353 e. The second-order valence-corrected chi connectivity index (χ2v) is 10.8. The van der Waals surface area contributed by atoms with Gasteiger partial charge in [-0.1, -0.05) is 77.1 Å². The van der Waals surface area contributed by atoms with Crippen molar-refractivity contribution < 1.29 is 9.59 Å². The quantitative estimate of drug-likeness (QED) is 0.403. The Morgan fingerprint density at radius 1 is 0.857 bits per heavy atom. The molecule has 0 radical (unpaired) electrons. The van der Waals surface area contributed by atoms with Gasteiger partial charge in [-0.05, 0) is 46.7 Å². The first-order valence-electron chi connectivity index (χ1n) is 12.4. The summed E-state index contributed by atoms with van der Waals surface area (Å²) >= 11 is 0. The van der Waals surface area contributed by atoms with Crippen molar-refractivity contribution in [1.82, 2.24) is 14.4 Å². The predicted molar refractivity (Wildman–Crippen MR) is 142 cm³/mol. The van der Waals surface area contributed by atoms with Gasteiger partial charge in [0.05, 0.1) is 6.54 Å². The topological polar surface area (TPSA) is 45.6 Å². The maximum atomic E-state index is 13.6. The monoisotopic (exact) mass is 473 g/mol. The molecule has 0 spiro atoms. The van der Waals surface area contributed by atoms with Gasteiger partial charge in [0, 0.05) is 37.6 Å². The summed E-state index contributed by atoms with van der Waals surface area (Å²) in [6, 6.07) is 21.8. The van der Waals surface area contributed by atoms with E-state index in [0.717, 1.165) is 11.3 Å². The van der Waals surface area contributed by atoms with Crippen LogP contribution in [0.25, 0.3) is 0 Å². The molecule has 0 bridgehead atoms. The van der Waals surface area contributed by atoms with E-state index in [2.05, 4.69) is 34.6 Å². The SMILES string of the molecule is CC(C)CN(CC(=O)N(Cc1ccccc1)Cc1cccn1C)C(=O)c1ccc(C(C)(C)C)cc1. The summed E-state index contributed by atoms with van der Waals surface area (Å²) in [5, 5.41) is 0. The van der Waals surface area contributed by atoms with E-state index in [1.807, 2.05) is 89.4 Å². The standard InChI is InChI=1S/C30H39N3O2/c1-23(2)19-33(29(35)25-14-16-26(17-15-25)30(3,4)5)22-28(34)32(20-24-11-8-7-9-12-24)21-27-13-10-18-31(27)6/h7-18,23H,19-22H2,1-6H3. The Bertz CT molecular complexity index is 1110. The van der Waals surface area contributed by atoms with Gasteiger partial charge in [-0.2, -0.15) is 0 Å². The van der Waals surface area contributed by atoms with Crippen LogP contribution >= 0.6 is 0 Å². The minimum atomic E-state index is -0.106. The third-order valence-electron chi connectivity index (χ3n) is 6.17. The average Bonchev–Trinajstić information content (AvgIpc) is 3.22. The second-order valence-electron chi connectivity index (χ2n) is 10.8. The van der Waals surface area contributed by atoms with Crippen LogP contribution in [0.1, 0.15) is 61.8 Å². The molecule has 2 aromatic carbocycles. The lowest BCUT2D eigenvalue weighted by molar-refractivity contribution is -0.133. The van der Waals surface area contributed by atoms with Crippen LogP contribution in [0.3, 0.4) is 0 Å². The zero-order chi connectivity index (χ0) is 25.6. The molecule has 3 rings (SSSR count). The molecule has 1 aromatic heterocycles. The van der Waals surface area contributed by atoms with E-state index in [1.165, 1.54) is 5.56 Å². The van der Waals surface area contributed by atoms with Crippen molar-refractivity contribution in [2.75, 3.05) is 13.1 Å². The normalized spacial score (nSPS) is 11.5. The van der Waals surface area contributed by atoms with Crippen LogP contribution in [0.2, 0.25) is 0 Å². The molecule has 0 aliphatic carbocycles. The minimum absolute atomic E-state index is 0.0179. The minimum Gasteiger partial charge on any atom is -0.353 e. The van der Waals surface area contributed by atoms with Crippen molar-refractivity contribution in [3.05, 3.63) is 95.3 Å². The summed E-state index contributed by atoms with van der Waals surface area (Å²) in [6.45, 7) is 12.2. The molecule has 0 saturated heterocycles. The van der Waals surface area contributed by atoms with Crippen molar-refractivity contribution in [2.45, 2.75) is 53.1 Å². The van der Waals surface area contributed by atoms with E-state index in [0.29, 0.717) is 25.2 Å². The predicted octanol–water partition coefficient (Wildman–Crippen LogP) is 5.65. The summed E-state index contributed by atoms with van der Waals surface area (Å²) < 4.78 is 2.03. The van der Waals surface area contributed by atoms with Gasteiger partial charge < -0.3 is 14.4 Å². The molecule has 0 N–H and O–H groups in total. The van der Waals surface area contributed by atoms with Crippen LogP contribution in [0.4, 0.5) is 0 Å². The third kappa shape index (κ3) is 7.32. The first-order valence-corrected chi connectivity index (χ1v) is 12.4. The molecule has 0 atom stereocenters. The lowest BCUT2D eigenvalue weighted by atomic mass is 9.86. The van der Waals surface area contributed by atoms with E-state index < -0.39 is 0 Å². The van der Waals surface area contributed by atoms with Gasteiger partial charge in [-0.25, -0.2) is 0 Å². The van der Waals surface area contributed by atoms with Crippen LogP contribution < -0.4 is 0 Å². The average molecular weight is 474 g/mol. The molecule has 5 nitrogen and oxygen atoms in total. The fourth-order valence-electron chi connectivity index (χ4n) is 4.11. The van der Waals surface area contributed by atoms with Crippen molar-refractivity contribution >= 4 is 11.8 Å². The number of aromatic nitrogens is 1. The Labute approximate surface area is 210 Å². The van der Waals surface area contributed by atoms with E-state index in [4.69, 9.17) is 0 Å². The van der Waals surface area contributed by atoms with E-state index in [-0.39, 0.29) is 29.7 Å². The summed E-state index contributed by atoms with van der Waals surface area (Å²) in [6.07, 6.45) is 1.98. The molecule has 0 aliphatic rings. The van der Waals surface area contributed by atoms with Crippen molar-refractivity contribution in [1.29, 1.82) is 0 Å². The third-order valence-corrected chi connectivity index (χ3v) is 6.17. The number of amides is 2. The number of nitrogens with zero attached hydrogens (tertiary/aromatic N) is 3. The van der Waals surface area contributed by atoms with Gasteiger partial charge >= 0.3 is 0 Å². The second kappa shape index (κ2) is 11.4. The summed E-state index contributed by atoms with van der Waals surface area (Å²) in [7, 11) is 1.98. The summed E-state index contributed by atoms with van der Waals surface area (Å²) in [5.41, 5.74) is 3.92. The molecule has 0 saturated carbocycles. The molecule has 5 heteroatoms. The summed E-state index contributed by atoms with van der Waals surface area (Å²) in [4.78, 5) is 30.6. The van der Waals surface area contributed by atoms with Crippen LogP contribution in [0.15, 0.2) is 72.9 Å². The van der Waals surface area contributed by atoms with E-state index in [1.54, 1.807) is 4.90 Å². The molecule has 2 amide bonds. The maximum absolute atomic E-state index is 13.6. The van der Waals surface area contributed by atoms with Crippen LogP contribution in [-0.2, 0) is 30.3 Å². The number of aryl methyl sites for hydroxylation is 1. The van der Waals surface area contributed by atoms with Gasteiger partial charge in [0.2, 0.25) is 5.91 Å². The smallest absolute Gasteiger partial charge is 0.254 e. The number of rotatable bonds is 9. The highest BCUT2D eigenvalue weighted by Crippen LogP contribution is 2.23. The van der Waals surface area contributed by atoms with E-state index in [9.17, 15) is 9.59 Å². The highest BCUT2D eigenvalue weighted by molar-refractivity contribution is 5.96. The Morgan fingerprint density at radius 2 is 1.51 bits per heavy atom. The lowest BCUT2D eigenvalue weighted by Gasteiger charge is -2.29. The molecule has 3 aromatic rings. The molecule has 35 heavy (non-hydrogen) atoms. The number of carbonyl (C=O) groups excluding carboxylic acids is 2. The first kappa shape index (κ1) is 26.3. The molecule has 186 valence electrons. The molecule has 0 fully saturated rings. The first-order chi connectivity index (χ1) is 16.5. The molecule has 1 heterocycles. The zero-order valence-corrected chi connectivity index (χ0v) is 22.0. The van der Waals surface area contributed by atoms with Gasteiger partial charge in [0.1, 0.15) is 6.54 Å². The maximum Gasteiger partial charge on any atom is 0.254 e. The summed E-state index contributed by atoms with van der Waals surface area (Å²) in [5.74, 6) is 0.0810. The molecule has 0 unspecified atom stereocenters. The van der Waals surface area contributed by atoms with Gasteiger partial charge in [-0.15, -0.1) is 0 Å². The zero-order valence-electron chi connectivity index (χ0n) is 22.0. The Hall–Kier alpha value is -3.34. The molecule has 0 aliphatic heterocycles. The highest BCUT2D eigenvalue weighted by atomic mass is 16.2. The number of hydrogen-bond donors (Lipinski definition) is 0. The fraction of sp³-hybridized carbons (Fsp3) is 0.400. The Kier molecular flexibility index (Phi) is 8.55. The van der Waals surface area contributed by atoms with Crippen LogP contribution in [-0.4, -0.2) is 39.3 Å². The van der Waals surface area contributed by atoms with Gasteiger partial charge in [0.25, 0.3) is 5.91 Å². The number of carbonyl (C=O) groups is 2. The fourth-order valence-corrected chi connectivity index (χ4v) is 4.11. The Balaban J connectivity index is 1.82. The molecular weight excluding hydrogens is 434 g/mol. The van der Waals surface area contributed by atoms with Crippen molar-refractivity contribution in [2.24, 2.45) is 13.0 Å². The van der Waals surface area contributed by atoms with Crippen molar-refractivity contribution in [3.8, 4) is 0 Å². The Morgan fingerprint density at radius 3 is 2.06 bits per heavy atom. The van der Waals surface area contributed by atoms with E-state index >= 15 is 0 Å². The number of hydrogen-bond acceptors (Lipinski definition) is 2. The number of benzene rings is 2. The van der Waals surface area contributed by atoms with Crippen LogP contribution in [0.5, 0.6) is 0 Å². The van der Waals surface area contributed by atoms with Crippen LogP contribution in [0, 0.1) is 5.92 Å². The molecular formula is C30H39N3O2. The lowest BCUT2D eigenvalue weighted by Crippen LogP contribution is -2.44. The van der Waals surface area contributed by atoms with Gasteiger partial charge in [0.15, 0.2) is 0 Å². The van der Waals surface area contributed by atoms with Crippen molar-refractivity contribution in [3.63, 3.8) is 0 Å². The van der Waals surface area contributed by atoms with Gasteiger partial charge in [-0.3, -0.25) is 9.59 Å².